The van der Waals surface area contributed by atoms with Gasteiger partial charge in [-0.25, -0.2) is 8.42 Å². The molecule has 0 atom stereocenters. The van der Waals surface area contributed by atoms with Crippen LogP contribution in [0, 0.1) is 0 Å². The highest BCUT2D eigenvalue weighted by Crippen LogP contribution is 2.15. The molecule has 0 unspecified atom stereocenters. The van der Waals surface area contributed by atoms with Gasteiger partial charge in [-0.2, -0.15) is 4.31 Å². The van der Waals surface area contributed by atoms with Crippen molar-refractivity contribution < 1.29 is 13.5 Å². The lowest BCUT2D eigenvalue weighted by molar-refractivity contribution is 0.154. The van der Waals surface area contributed by atoms with Gasteiger partial charge in [0.15, 0.2) is 0 Å². The van der Waals surface area contributed by atoms with Crippen molar-refractivity contribution >= 4 is 10.0 Å². The van der Waals surface area contributed by atoms with E-state index in [-0.39, 0.29) is 12.4 Å². The van der Waals surface area contributed by atoms with E-state index >= 15 is 0 Å². The van der Waals surface area contributed by atoms with Crippen LogP contribution >= 0.6 is 0 Å². The van der Waals surface area contributed by atoms with Crippen LogP contribution in [0.4, 0.5) is 0 Å². The van der Waals surface area contributed by atoms with Crippen molar-refractivity contribution in [1.82, 2.24) is 9.21 Å². The molecule has 0 amide bonds. The highest BCUT2D eigenvalue weighted by atomic mass is 32.2. The third kappa shape index (κ3) is 4.26. The molecule has 1 fully saturated rings. The first-order valence-corrected chi connectivity index (χ1v) is 8.94. The molecular formula is C15H24N2O3S. The minimum Gasteiger partial charge on any atom is -0.392 e. The number of hydrogen-bond donors (Lipinski definition) is 1. The van der Waals surface area contributed by atoms with Crippen LogP contribution in [0.2, 0.25) is 0 Å². The third-order valence-electron chi connectivity index (χ3n) is 3.92. The molecule has 1 aliphatic heterocycles. The van der Waals surface area contributed by atoms with Gasteiger partial charge >= 0.3 is 0 Å². The molecule has 0 bridgehead atoms. The molecule has 6 heteroatoms. The second-order valence-electron chi connectivity index (χ2n) is 5.76. The lowest BCUT2D eigenvalue weighted by Crippen LogP contribution is -2.50. The molecule has 1 saturated heterocycles. The van der Waals surface area contributed by atoms with Gasteiger partial charge in [-0.05, 0) is 25.0 Å². The van der Waals surface area contributed by atoms with E-state index < -0.39 is 10.0 Å². The van der Waals surface area contributed by atoms with Gasteiger partial charge in [0.1, 0.15) is 0 Å². The minimum atomic E-state index is -3.29. The topological polar surface area (TPSA) is 60.9 Å². The zero-order valence-corrected chi connectivity index (χ0v) is 13.5. The fourth-order valence-electron chi connectivity index (χ4n) is 2.62. The monoisotopic (exact) mass is 312 g/mol. The minimum absolute atomic E-state index is 0.00250. The number of aliphatic hydroxyl groups excluding tert-OH is 1. The summed E-state index contributed by atoms with van der Waals surface area (Å²) < 4.78 is 26.5. The predicted octanol–water partition coefficient (Wildman–Crippen LogP) is 1.03. The van der Waals surface area contributed by atoms with E-state index in [2.05, 4.69) is 18.7 Å². The number of aliphatic hydroxyl groups is 1. The summed E-state index contributed by atoms with van der Waals surface area (Å²) in [6.07, 6.45) is 0. The second kappa shape index (κ2) is 6.87. The van der Waals surface area contributed by atoms with E-state index in [4.69, 9.17) is 5.11 Å². The Balaban J connectivity index is 2.02. The average Bonchev–Trinajstić information content (AvgIpc) is 2.47. The van der Waals surface area contributed by atoms with E-state index in [1.807, 2.05) is 0 Å². The van der Waals surface area contributed by atoms with E-state index in [1.54, 1.807) is 28.6 Å². The fourth-order valence-corrected chi connectivity index (χ4v) is 4.12. The molecule has 2 rings (SSSR count). The summed E-state index contributed by atoms with van der Waals surface area (Å²) in [6, 6.07) is 7.57. The zero-order valence-electron chi connectivity index (χ0n) is 12.7. The SMILES string of the molecule is CC(C)N1CCN(S(=O)(=O)Cc2cccc(CO)c2)CC1. The average molecular weight is 312 g/mol. The molecule has 5 nitrogen and oxygen atoms in total. The van der Waals surface area contributed by atoms with Crippen LogP contribution in [-0.4, -0.2) is 55.0 Å². The maximum absolute atomic E-state index is 12.5. The lowest BCUT2D eigenvalue weighted by atomic mass is 10.1. The van der Waals surface area contributed by atoms with Crippen molar-refractivity contribution in [2.75, 3.05) is 26.2 Å². The molecule has 0 aliphatic carbocycles. The standard InChI is InChI=1S/C15H24N2O3S/c1-13(2)16-6-8-17(9-7-16)21(19,20)12-15-5-3-4-14(10-15)11-18/h3-5,10,13,18H,6-9,11-12H2,1-2H3. The van der Waals surface area contributed by atoms with E-state index in [1.165, 1.54) is 0 Å². The number of hydrogen-bond acceptors (Lipinski definition) is 4. The zero-order chi connectivity index (χ0) is 15.5. The summed E-state index contributed by atoms with van der Waals surface area (Å²) in [4.78, 5) is 2.29. The quantitative estimate of drug-likeness (QED) is 0.882. The van der Waals surface area contributed by atoms with Crippen LogP contribution in [0.5, 0.6) is 0 Å². The number of sulfonamides is 1. The molecule has 1 aromatic rings. The Bertz CT molecular complexity index is 564. The fraction of sp³-hybridized carbons (Fsp3) is 0.600. The smallest absolute Gasteiger partial charge is 0.218 e. The van der Waals surface area contributed by atoms with Crippen LogP contribution in [0.15, 0.2) is 24.3 Å². The predicted molar refractivity (Wildman–Crippen MR) is 83.3 cm³/mol. The number of rotatable bonds is 5. The summed E-state index contributed by atoms with van der Waals surface area (Å²) in [5.41, 5.74) is 1.47. The summed E-state index contributed by atoms with van der Waals surface area (Å²) >= 11 is 0. The van der Waals surface area contributed by atoms with E-state index in [0.717, 1.165) is 24.2 Å². The summed E-state index contributed by atoms with van der Waals surface area (Å²) in [7, 11) is -3.29. The molecule has 0 radical (unpaired) electrons. The number of piperazine rings is 1. The van der Waals surface area contributed by atoms with Crippen LogP contribution in [0.25, 0.3) is 0 Å². The van der Waals surface area contributed by atoms with Crippen LogP contribution in [0.3, 0.4) is 0 Å². The van der Waals surface area contributed by atoms with Crippen molar-refractivity contribution in [1.29, 1.82) is 0 Å². The maximum Gasteiger partial charge on any atom is 0.218 e. The molecule has 1 heterocycles. The Hall–Kier alpha value is -0.950. The number of benzene rings is 1. The second-order valence-corrected chi connectivity index (χ2v) is 7.73. The van der Waals surface area contributed by atoms with Crippen molar-refractivity contribution in [3.05, 3.63) is 35.4 Å². The van der Waals surface area contributed by atoms with Gasteiger partial charge in [0.05, 0.1) is 12.4 Å². The first-order chi connectivity index (χ1) is 9.92. The summed E-state index contributed by atoms with van der Waals surface area (Å²) in [5, 5.41) is 9.12. The highest BCUT2D eigenvalue weighted by molar-refractivity contribution is 7.88. The van der Waals surface area contributed by atoms with Crippen molar-refractivity contribution in [3.63, 3.8) is 0 Å². The molecule has 0 spiro atoms. The highest BCUT2D eigenvalue weighted by Gasteiger charge is 2.27. The molecule has 0 aromatic heterocycles. The van der Waals surface area contributed by atoms with Crippen molar-refractivity contribution in [3.8, 4) is 0 Å². The van der Waals surface area contributed by atoms with Gasteiger partial charge < -0.3 is 5.11 Å². The van der Waals surface area contributed by atoms with Crippen molar-refractivity contribution in [2.45, 2.75) is 32.2 Å². The summed E-state index contributed by atoms with van der Waals surface area (Å²) in [6.45, 7) is 6.87. The summed E-state index contributed by atoms with van der Waals surface area (Å²) in [5.74, 6) is 0.00250. The van der Waals surface area contributed by atoms with Gasteiger partial charge in [0, 0.05) is 32.2 Å². The lowest BCUT2D eigenvalue weighted by Gasteiger charge is -2.36. The Labute approximate surface area is 127 Å². The van der Waals surface area contributed by atoms with Crippen LogP contribution in [0.1, 0.15) is 25.0 Å². The molecule has 0 saturated carbocycles. The first kappa shape index (κ1) is 16.4. The Kier molecular flexibility index (Phi) is 5.37. The molecule has 118 valence electrons. The van der Waals surface area contributed by atoms with Gasteiger partial charge in [-0.15, -0.1) is 0 Å². The molecule has 1 aliphatic rings. The molecule has 1 N–H and O–H groups in total. The van der Waals surface area contributed by atoms with Gasteiger partial charge in [0.2, 0.25) is 10.0 Å². The van der Waals surface area contributed by atoms with E-state index in [0.29, 0.717) is 19.1 Å². The van der Waals surface area contributed by atoms with E-state index in [9.17, 15) is 8.42 Å². The Morgan fingerprint density at radius 1 is 1.14 bits per heavy atom. The molecule has 21 heavy (non-hydrogen) atoms. The van der Waals surface area contributed by atoms with Gasteiger partial charge in [0.25, 0.3) is 0 Å². The first-order valence-electron chi connectivity index (χ1n) is 7.33. The Morgan fingerprint density at radius 3 is 2.33 bits per heavy atom. The number of nitrogens with zero attached hydrogens (tertiary/aromatic N) is 2. The van der Waals surface area contributed by atoms with Gasteiger partial charge in [-0.1, -0.05) is 24.3 Å². The largest absolute Gasteiger partial charge is 0.392 e. The maximum atomic E-state index is 12.5. The van der Waals surface area contributed by atoms with Crippen LogP contribution < -0.4 is 0 Å². The Morgan fingerprint density at radius 2 is 1.76 bits per heavy atom. The molecule has 1 aromatic carbocycles. The normalized spacial score (nSPS) is 18.3. The van der Waals surface area contributed by atoms with Crippen molar-refractivity contribution in [2.24, 2.45) is 0 Å². The molecular weight excluding hydrogens is 288 g/mol. The van der Waals surface area contributed by atoms with Gasteiger partial charge in [-0.3, -0.25) is 4.90 Å². The van der Waals surface area contributed by atoms with Crippen LogP contribution in [-0.2, 0) is 22.4 Å². The third-order valence-corrected chi connectivity index (χ3v) is 5.77.